The summed E-state index contributed by atoms with van der Waals surface area (Å²) in [6, 6.07) is 0. The van der Waals surface area contributed by atoms with Crippen molar-refractivity contribution in [2.45, 2.75) is 19.4 Å². The van der Waals surface area contributed by atoms with Gasteiger partial charge < -0.3 is 4.74 Å². The molecule has 1 unspecified atom stereocenters. The van der Waals surface area contributed by atoms with Crippen LogP contribution in [-0.2, 0) is 4.79 Å². The summed E-state index contributed by atoms with van der Waals surface area (Å²) in [5, 5.41) is 0. The predicted molar refractivity (Wildman–Crippen MR) is 55.1 cm³/mol. The molecule has 0 aromatic carbocycles. The van der Waals surface area contributed by atoms with Gasteiger partial charge in [0.1, 0.15) is 5.82 Å². The van der Waals surface area contributed by atoms with Gasteiger partial charge >= 0.3 is 0 Å². The zero-order chi connectivity index (χ0) is 11.0. The van der Waals surface area contributed by atoms with E-state index in [1.807, 2.05) is 6.92 Å². The lowest BCUT2D eigenvalue weighted by Crippen LogP contribution is -2.43. The molecule has 0 aliphatic carbocycles. The van der Waals surface area contributed by atoms with Crippen LogP contribution in [0.5, 0.6) is 5.75 Å². The third kappa shape index (κ3) is 1.63. The summed E-state index contributed by atoms with van der Waals surface area (Å²) in [7, 11) is 0. The number of aryl methyl sites for hydroxylation is 1. The minimum Gasteiger partial charge on any atom is -0.459 e. The number of hydrogen-bond acceptors (Lipinski definition) is 4. The van der Waals surface area contributed by atoms with Gasteiger partial charge in [-0.3, -0.25) is 9.69 Å². The normalized spacial score (nSPS) is 19.8. The molecule has 1 aliphatic rings. The molecule has 1 aliphatic heterocycles. The van der Waals surface area contributed by atoms with E-state index in [1.165, 1.54) is 11.1 Å². The quantitative estimate of drug-likeness (QED) is 0.674. The number of ether oxygens (including phenoxy) is 1. The SMILES string of the molecule is CCN1C(=O)C(Cl)Oc2cnc(C)nc21. The van der Waals surface area contributed by atoms with Gasteiger partial charge in [0.15, 0.2) is 11.6 Å². The first-order valence-electron chi connectivity index (χ1n) is 4.59. The zero-order valence-electron chi connectivity index (χ0n) is 8.40. The van der Waals surface area contributed by atoms with Crippen molar-refractivity contribution in [2.75, 3.05) is 11.4 Å². The first-order chi connectivity index (χ1) is 7.13. The maximum atomic E-state index is 11.6. The van der Waals surface area contributed by atoms with Crippen LogP contribution in [0.15, 0.2) is 6.20 Å². The number of carbonyl (C=O) groups is 1. The molecular weight excluding hydrogens is 218 g/mol. The first kappa shape index (κ1) is 10.2. The highest BCUT2D eigenvalue weighted by Gasteiger charge is 2.33. The van der Waals surface area contributed by atoms with Crippen molar-refractivity contribution >= 4 is 23.3 Å². The number of hydrogen-bond donors (Lipinski definition) is 0. The summed E-state index contributed by atoms with van der Waals surface area (Å²) in [6.45, 7) is 4.12. The molecule has 2 rings (SSSR count). The first-order valence-corrected chi connectivity index (χ1v) is 5.03. The molecule has 0 saturated heterocycles. The average molecular weight is 228 g/mol. The van der Waals surface area contributed by atoms with Crippen molar-refractivity contribution in [1.82, 2.24) is 9.97 Å². The molecule has 0 spiro atoms. The molecular formula is C9H10ClN3O2. The van der Waals surface area contributed by atoms with E-state index in [2.05, 4.69) is 9.97 Å². The average Bonchev–Trinajstić information content (AvgIpc) is 2.21. The lowest BCUT2D eigenvalue weighted by Gasteiger charge is -2.29. The van der Waals surface area contributed by atoms with Gasteiger partial charge in [0.05, 0.1) is 6.20 Å². The number of nitrogens with zero attached hydrogens (tertiary/aromatic N) is 3. The summed E-state index contributed by atoms with van der Waals surface area (Å²) in [5.41, 5.74) is -0.983. The highest BCUT2D eigenvalue weighted by Crippen LogP contribution is 2.31. The monoisotopic (exact) mass is 227 g/mol. The van der Waals surface area contributed by atoms with Crippen LogP contribution in [0.3, 0.4) is 0 Å². The number of likely N-dealkylation sites (N-methyl/N-ethyl adjacent to an activating group) is 1. The van der Waals surface area contributed by atoms with E-state index in [-0.39, 0.29) is 5.91 Å². The lowest BCUT2D eigenvalue weighted by atomic mass is 10.3. The Morgan fingerprint density at radius 2 is 2.40 bits per heavy atom. The second-order valence-corrected chi connectivity index (χ2v) is 3.52. The van der Waals surface area contributed by atoms with Crippen molar-refractivity contribution in [3.63, 3.8) is 0 Å². The van der Waals surface area contributed by atoms with Crippen LogP contribution < -0.4 is 9.64 Å². The molecule has 5 nitrogen and oxygen atoms in total. The summed E-state index contributed by atoms with van der Waals surface area (Å²) in [5.74, 6) is 1.25. The van der Waals surface area contributed by atoms with E-state index in [9.17, 15) is 4.79 Å². The summed E-state index contributed by atoms with van der Waals surface area (Å²) in [4.78, 5) is 21.3. The standard InChI is InChI=1S/C9H10ClN3O2/c1-3-13-8-6(4-11-5(2)12-8)15-7(10)9(13)14/h4,7H,3H2,1-2H3. The number of fused-ring (bicyclic) bond motifs is 1. The fourth-order valence-corrected chi connectivity index (χ4v) is 1.63. The molecule has 80 valence electrons. The minimum atomic E-state index is -0.983. The molecule has 0 fully saturated rings. The number of alkyl halides is 1. The van der Waals surface area contributed by atoms with Crippen molar-refractivity contribution in [3.8, 4) is 5.75 Å². The minimum absolute atomic E-state index is 0.287. The third-order valence-electron chi connectivity index (χ3n) is 2.12. The van der Waals surface area contributed by atoms with Crippen molar-refractivity contribution in [2.24, 2.45) is 0 Å². The van der Waals surface area contributed by atoms with Gasteiger partial charge in [0.2, 0.25) is 0 Å². The lowest BCUT2D eigenvalue weighted by molar-refractivity contribution is -0.123. The van der Waals surface area contributed by atoms with Gasteiger partial charge in [-0.25, -0.2) is 9.97 Å². The Labute approximate surface area is 92.0 Å². The van der Waals surface area contributed by atoms with Crippen LogP contribution >= 0.6 is 11.6 Å². The van der Waals surface area contributed by atoms with E-state index >= 15 is 0 Å². The van der Waals surface area contributed by atoms with Gasteiger partial charge in [0, 0.05) is 6.54 Å². The van der Waals surface area contributed by atoms with Gasteiger partial charge in [-0.15, -0.1) is 0 Å². The van der Waals surface area contributed by atoms with Crippen LogP contribution in [0.25, 0.3) is 0 Å². The number of rotatable bonds is 1. The molecule has 15 heavy (non-hydrogen) atoms. The van der Waals surface area contributed by atoms with E-state index in [0.717, 1.165) is 0 Å². The smallest absolute Gasteiger partial charge is 0.285 e. The number of carbonyl (C=O) groups excluding carboxylic acids is 1. The molecule has 0 saturated carbocycles. The Morgan fingerprint density at radius 1 is 1.67 bits per heavy atom. The van der Waals surface area contributed by atoms with Gasteiger partial charge in [-0.05, 0) is 13.8 Å². The zero-order valence-corrected chi connectivity index (χ0v) is 9.15. The Morgan fingerprint density at radius 3 is 3.07 bits per heavy atom. The van der Waals surface area contributed by atoms with Crippen LogP contribution in [0.2, 0.25) is 0 Å². The fraction of sp³-hybridized carbons (Fsp3) is 0.444. The van der Waals surface area contributed by atoms with Crippen molar-refractivity contribution in [1.29, 1.82) is 0 Å². The molecule has 6 heteroatoms. The highest BCUT2D eigenvalue weighted by atomic mass is 35.5. The fourth-order valence-electron chi connectivity index (χ4n) is 1.42. The second-order valence-electron chi connectivity index (χ2n) is 3.12. The number of aromatic nitrogens is 2. The summed E-state index contributed by atoms with van der Waals surface area (Å²) in [6.07, 6.45) is 1.53. The third-order valence-corrected chi connectivity index (χ3v) is 2.40. The number of amides is 1. The van der Waals surface area contributed by atoms with E-state index in [0.29, 0.717) is 23.9 Å². The summed E-state index contributed by atoms with van der Waals surface area (Å²) < 4.78 is 5.18. The van der Waals surface area contributed by atoms with E-state index in [4.69, 9.17) is 16.3 Å². The van der Waals surface area contributed by atoms with Crippen LogP contribution in [-0.4, -0.2) is 28.0 Å². The molecule has 1 aromatic rings. The number of halogens is 1. The van der Waals surface area contributed by atoms with E-state index in [1.54, 1.807) is 6.92 Å². The van der Waals surface area contributed by atoms with E-state index < -0.39 is 5.56 Å². The maximum Gasteiger partial charge on any atom is 0.285 e. The second kappa shape index (κ2) is 3.66. The van der Waals surface area contributed by atoms with Crippen molar-refractivity contribution in [3.05, 3.63) is 12.0 Å². The maximum absolute atomic E-state index is 11.6. The molecule has 2 heterocycles. The molecule has 1 aromatic heterocycles. The Kier molecular flexibility index (Phi) is 2.48. The molecule has 0 bridgehead atoms. The molecule has 0 N–H and O–H groups in total. The Balaban J connectivity index is 2.51. The highest BCUT2D eigenvalue weighted by molar-refractivity contribution is 6.32. The van der Waals surface area contributed by atoms with Crippen LogP contribution in [0.1, 0.15) is 12.7 Å². The van der Waals surface area contributed by atoms with Gasteiger partial charge in [0.25, 0.3) is 11.5 Å². The Bertz CT molecular complexity index is 410. The topological polar surface area (TPSA) is 55.3 Å². The van der Waals surface area contributed by atoms with Gasteiger partial charge in [-0.2, -0.15) is 0 Å². The molecule has 0 radical (unpaired) electrons. The number of anilines is 1. The van der Waals surface area contributed by atoms with Crippen LogP contribution in [0.4, 0.5) is 5.82 Å². The largest absolute Gasteiger partial charge is 0.459 e. The summed E-state index contributed by atoms with van der Waals surface area (Å²) >= 11 is 5.74. The molecule has 1 amide bonds. The Hall–Kier alpha value is -1.36. The van der Waals surface area contributed by atoms with Crippen LogP contribution in [0, 0.1) is 6.92 Å². The molecule has 1 atom stereocenters. The van der Waals surface area contributed by atoms with Crippen molar-refractivity contribution < 1.29 is 9.53 Å². The predicted octanol–water partition coefficient (Wildman–Crippen LogP) is 1.10. The van der Waals surface area contributed by atoms with Gasteiger partial charge in [-0.1, -0.05) is 11.6 Å².